The van der Waals surface area contributed by atoms with Gasteiger partial charge in [-0.05, 0) is 97.9 Å². The van der Waals surface area contributed by atoms with E-state index < -0.39 is 0 Å². The van der Waals surface area contributed by atoms with Crippen LogP contribution in [0.1, 0.15) is 92.9 Å². The van der Waals surface area contributed by atoms with Gasteiger partial charge in [0.25, 0.3) is 0 Å². The van der Waals surface area contributed by atoms with Crippen molar-refractivity contribution >= 4 is 11.9 Å². The number of carbonyl (C=O) groups excluding carboxylic acids is 2. The van der Waals surface area contributed by atoms with Gasteiger partial charge in [-0.25, -0.2) is 4.79 Å². The highest BCUT2D eigenvalue weighted by Gasteiger charge is 2.82. The normalized spacial score (nSPS) is 49.5. The van der Waals surface area contributed by atoms with Gasteiger partial charge in [0.05, 0.1) is 6.61 Å². The molecule has 5 aliphatic carbocycles. The molecule has 0 heterocycles. The number of fused-ring (bicyclic) bond motifs is 2. The quantitative estimate of drug-likeness (QED) is 0.466. The number of amides is 1. The molecule has 0 saturated heterocycles. The van der Waals surface area contributed by atoms with Crippen LogP contribution in [0.5, 0.6) is 0 Å². The molecule has 5 aliphatic rings. The average Bonchev–Trinajstić information content (AvgIpc) is 3.33. The highest BCUT2D eigenvalue weighted by atomic mass is 16.6. The van der Waals surface area contributed by atoms with Gasteiger partial charge in [0, 0.05) is 24.9 Å². The number of ketones is 1. The lowest BCUT2D eigenvalue weighted by Crippen LogP contribution is -2.59. The third kappa shape index (κ3) is 2.35. The van der Waals surface area contributed by atoms with E-state index in [1.807, 2.05) is 18.9 Å². The van der Waals surface area contributed by atoms with Crippen molar-refractivity contribution in [2.24, 2.45) is 38.9 Å². The highest BCUT2D eigenvalue weighted by Crippen LogP contribution is 2.88. The van der Waals surface area contributed by atoms with Crippen molar-refractivity contribution in [3.8, 4) is 0 Å². The first-order valence-electron chi connectivity index (χ1n) is 13.0. The minimum atomic E-state index is -0.176. The van der Waals surface area contributed by atoms with Crippen molar-refractivity contribution in [3.63, 3.8) is 0 Å². The van der Waals surface area contributed by atoms with Gasteiger partial charge >= 0.3 is 6.09 Å². The van der Waals surface area contributed by atoms with Gasteiger partial charge in [-0.1, -0.05) is 33.8 Å². The fourth-order valence-corrected chi connectivity index (χ4v) is 10.5. The van der Waals surface area contributed by atoms with E-state index in [-0.39, 0.29) is 28.4 Å². The number of carbonyl (C=O) groups is 2. The molecule has 5 rings (SSSR count). The van der Waals surface area contributed by atoms with Crippen molar-refractivity contribution in [3.05, 3.63) is 11.6 Å². The van der Waals surface area contributed by atoms with Crippen LogP contribution in [0, 0.1) is 38.9 Å². The van der Waals surface area contributed by atoms with E-state index >= 15 is 0 Å². The van der Waals surface area contributed by atoms with Crippen molar-refractivity contribution in [1.29, 1.82) is 0 Å². The van der Waals surface area contributed by atoms with Gasteiger partial charge in [0.2, 0.25) is 0 Å². The zero-order valence-electron chi connectivity index (χ0n) is 21.3. The highest BCUT2D eigenvalue weighted by molar-refractivity contribution is 6.00. The Balaban J connectivity index is 1.47. The number of hydrogen-bond donors (Lipinski definition) is 0. The van der Waals surface area contributed by atoms with Crippen LogP contribution in [0.4, 0.5) is 4.79 Å². The maximum absolute atomic E-state index is 13.1. The predicted octanol–water partition coefficient (Wildman–Crippen LogP) is 6.39. The van der Waals surface area contributed by atoms with Gasteiger partial charge in [-0.2, -0.15) is 0 Å². The molecule has 178 valence electrons. The lowest BCUT2D eigenvalue weighted by Gasteiger charge is -2.63. The molecule has 4 nitrogen and oxygen atoms in total. The summed E-state index contributed by atoms with van der Waals surface area (Å²) in [4.78, 5) is 27.5. The molecular weight excluding hydrogens is 398 g/mol. The second-order valence-electron chi connectivity index (χ2n) is 12.9. The second-order valence-corrected chi connectivity index (χ2v) is 12.9. The molecule has 5 fully saturated rings. The number of ether oxygens (including phenoxy) is 1. The van der Waals surface area contributed by atoms with Gasteiger partial charge in [0.15, 0.2) is 5.78 Å². The average molecular weight is 442 g/mol. The third-order valence-electron chi connectivity index (χ3n) is 12.0. The van der Waals surface area contributed by atoms with Gasteiger partial charge in [0.1, 0.15) is 0 Å². The smallest absolute Gasteiger partial charge is 0.409 e. The maximum Gasteiger partial charge on any atom is 0.409 e. The van der Waals surface area contributed by atoms with Gasteiger partial charge in [-0.15, -0.1) is 0 Å². The van der Waals surface area contributed by atoms with Crippen LogP contribution < -0.4 is 0 Å². The molecule has 1 amide bonds. The SMILES string of the molecule is CC=C1C(=O)C[C@@]2(C)[C@@H]3CC[C@H]4C(C)(C)[C@@H](N(C)C(=O)OCC)CC[C@@]45C[C@@]35CC[C@]12C. The van der Waals surface area contributed by atoms with Crippen LogP contribution in [-0.4, -0.2) is 36.5 Å². The molecule has 0 unspecified atom stereocenters. The van der Waals surface area contributed by atoms with Gasteiger partial charge < -0.3 is 9.64 Å². The Morgan fingerprint density at radius 1 is 1.06 bits per heavy atom. The van der Waals surface area contributed by atoms with Crippen molar-refractivity contribution in [2.45, 2.75) is 99.0 Å². The molecule has 0 aromatic rings. The van der Waals surface area contributed by atoms with Crippen LogP contribution in [0.3, 0.4) is 0 Å². The molecule has 7 atom stereocenters. The fraction of sp³-hybridized carbons (Fsp3) is 0.857. The van der Waals surface area contributed by atoms with Crippen molar-refractivity contribution in [2.75, 3.05) is 13.7 Å². The zero-order valence-corrected chi connectivity index (χ0v) is 21.3. The lowest BCUT2D eigenvalue weighted by atomic mass is 9.42. The Morgan fingerprint density at radius 3 is 2.38 bits per heavy atom. The minimum Gasteiger partial charge on any atom is -0.450 e. The summed E-state index contributed by atoms with van der Waals surface area (Å²) in [6.07, 6.45) is 11.2. The molecule has 0 bridgehead atoms. The van der Waals surface area contributed by atoms with Crippen molar-refractivity contribution < 1.29 is 14.3 Å². The number of allylic oxidation sites excluding steroid dienone is 2. The molecule has 0 aromatic carbocycles. The summed E-state index contributed by atoms with van der Waals surface area (Å²) in [7, 11) is 1.94. The lowest BCUT2D eigenvalue weighted by molar-refractivity contribution is -0.136. The first kappa shape index (κ1) is 22.5. The Kier molecular flexibility index (Phi) is 4.66. The third-order valence-corrected chi connectivity index (χ3v) is 12.0. The second kappa shape index (κ2) is 6.63. The minimum absolute atomic E-state index is 0.0439. The summed E-state index contributed by atoms with van der Waals surface area (Å²) >= 11 is 0. The monoisotopic (exact) mass is 441 g/mol. The first-order valence-corrected chi connectivity index (χ1v) is 13.0. The van der Waals surface area contributed by atoms with E-state index in [2.05, 4.69) is 40.7 Å². The van der Waals surface area contributed by atoms with E-state index in [0.717, 1.165) is 24.8 Å². The molecule has 2 spiro atoms. The molecule has 4 heteroatoms. The van der Waals surface area contributed by atoms with Crippen molar-refractivity contribution in [1.82, 2.24) is 4.90 Å². The van der Waals surface area contributed by atoms with E-state index in [9.17, 15) is 9.59 Å². The van der Waals surface area contributed by atoms with E-state index in [4.69, 9.17) is 4.74 Å². The number of nitrogens with zero attached hydrogens (tertiary/aromatic N) is 1. The Labute approximate surface area is 194 Å². The van der Waals surface area contributed by atoms with Crippen LogP contribution >= 0.6 is 0 Å². The summed E-state index contributed by atoms with van der Waals surface area (Å²) in [6.45, 7) is 14.1. The van der Waals surface area contributed by atoms with Crippen LogP contribution in [-0.2, 0) is 9.53 Å². The summed E-state index contributed by atoms with van der Waals surface area (Å²) in [5, 5.41) is 0. The van der Waals surface area contributed by atoms with Crippen LogP contribution in [0.15, 0.2) is 11.6 Å². The summed E-state index contributed by atoms with van der Waals surface area (Å²) in [5.41, 5.74) is 2.17. The molecule has 0 N–H and O–H groups in total. The fourth-order valence-electron chi connectivity index (χ4n) is 10.5. The van der Waals surface area contributed by atoms with E-state index in [1.165, 1.54) is 32.1 Å². The topological polar surface area (TPSA) is 46.6 Å². The summed E-state index contributed by atoms with van der Waals surface area (Å²) in [5.74, 6) is 1.71. The Hall–Kier alpha value is -1.32. The molecule has 5 saturated carbocycles. The number of hydrogen-bond acceptors (Lipinski definition) is 3. The predicted molar refractivity (Wildman–Crippen MR) is 126 cm³/mol. The zero-order chi connectivity index (χ0) is 23.3. The van der Waals surface area contributed by atoms with Crippen LogP contribution in [0.2, 0.25) is 0 Å². The maximum atomic E-state index is 13.1. The molecular formula is C28H43NO3. The molecule has 32 heavy (non-hydrogen) atoms. The standard InChI is InChI=1S/C28H43NO3/c1-8-18-19(30)16-26(6)21-11-10-20-24(3,4)22(29(7)23(31)32-9-2)12-13-27(20)17-28(21,27)15-14-25(18,26)5/h8,20-22H,9-17H2,1-7H3/t20-,21-,22-,25+,26-,27+,28-/m0/s1. The molecule has 0 aliphatic heterocycles. The molecule has 0 aromatic heterocycles. The van der Waals surface area contributed by atoms with Crippen LogP contribution in [0.25, 0.3) is 0 Å². The largest absolute Gasteiger partial charge is 0.450 e. The number of rotatable bonds is 2. The van der Waals surface area contributed by atoms with E-state index in [0.29, 0.717) is 35.1 Å². The summed E-state index contributed by atoms with van der Waals surface area (Å²) in [6, 6.07) is 0.235. The van der Waals surface area contributed by atoms with Gasteiger partial charge in [-0.3, -0.25) is 4.79 Å². The molecule has 0 radical (unpaired) electrons. The number of Topliss-reactive ketones (excluding diaryl/α,β-unsaturated/α-hetero) is 1. The Morgan fingerprint density at radius 2 is 1.72 bits per heavy atom. The Bertz CT molecular complexity index is 891. The first-order chi connectivity index (χ1) is 14.9. The summed E-state index contributed by atoms with van der Waals surface area (Å²) < 4.78 is 5.36. The van der Waals surface area contributed by atoms with E-state index in [1.54, 1.807) is 0 Å².